The number of thiazole rings is 1. The number of oxime groups is 1. The number of β-lactam (4-membered cyclic amide) rings is 1. The summed E-state index contributed by atoms with van der Waals surface area (Å²) in [5.41, 5.74) is 3.29. The molecule has 1 fully saturated rings. The van der Waals surface area contributed by atoms with E-state index < -0.39 is 51.5 Å². The number of hydrogen-bond donors (Lipinski definition) is 4. The van der Waals surface area contributed by atoms with Crippen LogP contribution in [0.1, 0.15) is 32.9 Å². The zero-order chi connectivity index (χ0) is 22.1. The lowest BCUT2D eigenvalue weighted by Crippen LogP contribution is -2.72. The van der Waals surface area contributed by atoms with Gasteiger partial charge in [-0.15, -0.1) is 11.3 Å². The van der Waals surface area contributed by atoms with Gasteiger partial charge in [-0.25, -0.2) is 14.1 Å². The average molecular weight is 449 g/mol. The monoisotopic (exact) mass is 449 g/mol. The molecule has 0 bridgehead atoms. The Kier molecular flexibility index (Phi) is 6.15. The molecule has 2 atom stereocenters. The van der Waals surface area contributed by atoms with Crippen LogP contribution in [0.3, 0.4) is 0 Å². The number of nitrogens with two attached hydrogens (primary N) is 1. The maximum absolute atomic E-state index is 12.7. The zero-order valence-electron chi connectivity index (χ0n) is 15.5. The summed E-state index contributed by atoms with van der Waals surface area (Å²) in [6, 6.07) is -2.25. The summed E-state index contributed by atoms with van der Waals surface area (Å²) in [5, 5.41) is 16.5. The summed E-state index contributed by atoms with van der Waals surface area (Å²) in [7, 11) is -4.77. The van der Waals surface area contributed by atoms with Gasteiger partial charge >= 0.3 is 16.3 Å². The molecule has 0 aromatic carbocycles. The molecule has 13 nitrogen and oxygen atoms in total. The number of nitrogens with one attached hydrogen (secondary N) is 1. The van der Waals surface area contributed by atoms with Crippen molar-refractivity contribution >= 4 is 50.3 Å². The quantitative estimate of drug-likeness (QED) is 0.169. The predicted molar refractivity (Wildman–Crippen MR) is 100 cm³/mol. The molecule has 0 radical (unpaired) electrons. The number of carboxylic acid groups (broad SMARTS) is 1. The van der Waals surface area contributed by atoms with Crippen LogP contribution in [0.2, 0.25) is 0 Å². The van der Waals surface area contributed by atoms with E-state index in [1.165, 1.54) is 19.2 Å². The minimum Gasteiger partial charge on any atom is -0.478 e. The molecule has 0 spiro atoms. The minimum absolute atomic E-state index is 0.0300. The number of aliphatic carboxylic acids is 1. The fourth-order valence-corrected chi connectivity index (χ4v) is 3.87. The number of nitrogen functional groups attached to an aromatic ring is 1. The number of carbonyl (C=O) groups is 3. The normalized spacial score (nSPS) is 20.2. The topological polar surface area (TPSA) is 202 Å². The van der Waals surface area contributed by atoms with Gasteiger partial charge in [0.1, 0.15) is 11.7 Å². The molecule has 0 unspecified atom stereocenters. The van der Waals surface area contributed by atoms with E-state index in [4.69, 9.17) is 20.2 Å². The Bertz CT molecular complexity index is 970. The van der Waals surface area contributed by atoms with Gasteiger partial charge in [-0.2, -0.15) is 8.42 Å². The third kappa shape index (κ3) is 4.63. The number of amides is 2. The number of nitrogens with zero attached hydrogens (tertiary/aromatic N) is 3. The van der Waals surface area contributed by atoms with Crippen LogP contribution in [-0.4, -0.2) is 68.5 Å². The Morgan fingerprint density at radius 3 is 2.55 bits per heavy atom. The van der Waals surface area contributed by atoms with E-state index >= 15 is 0 Å². The molecule has 2 amide bonds. The summed E-state index contributed by atoms with van der Waals surface area (Å²) >= 11 is 0.984. The van der Waals surface area contributed by atoms with Crippen LogP contribution in [0.25, 0.3) is 0 Å². The first kappa shape index (κ1) is 22.5. The van der Waals surface area contributed by atoms with Gasteiger partial charge in [0.2, 0.25) is 5.60 Å². The number of carbonyl (C=O) groups excluding carboxylic acids is 2. The number of carboxylic acids is 1. The second-order valence-electron chi connectivity index (χ2n) is 6.46. The van der Waals surface area contributed by atoms with Crippen LogP contribution in [0, 0.1) is 0 Å². The standard InChI is InChI=1S/C14H19N5O8S2/c1-4-7-9(11(21)19(7)29(24,25)26)17-10(20)8(6-5-28-13(15)16-6)18-27-14(2,3)12(22)23/h5,7,9H,4H2,1-3H3,(H2,15,16)(H,17,20)(H,22,23)(H,24,25,26)/b18-8-/t7-,9-/m1/s1. The summed E-state index contributed by atoms with van der Waals surface area (Å²) < 4.78 is 32.0. The van der Waals surface area contributed by atoms with Crippen molar-refractivity contribution in [1.82, 2.24) is 14.6 Å². The van der Waals surface area contributed by atoms with E-state index in [1.54, 1.807) is 6.92 Å². The van der Waals surface area contributed by atoms with Crippen molar-refractivity contribution in [2.75, 3.05) is 5.73 Å². The molecule has 2 rings (SSSR count). The van der Waals surface area contributed by atoms with Gasteiger partial charge in [-0.3, -0.25) is 14.1 Å². The van der Waals surface area contributed by atoms with Crippen molar-refractivity contribution in [3.8, 4) is 0 Å². The Balaban J connectivity index is 2.29. The molecule has 2 heterocycles. The SMILES string of the molecule is CC[C@@H]1[C@@H](NC(=O)/C(=N\OC(C)(C)C(=O)O)c2csc(N)n2)C(=O)N1S(=O)(=O)O. The second-order valence-corrected chi connectivity index (χ2v) is 8.63. The van der Waals surface area contributed by atoms with Gasteiger partial charge in [-0.1, -0.05) is 12.1 Å². The van der Waals surface area contributed by atoms with Crippen molar-refractivity contribution in [3.05, 3.63) is 11.1 Å². The highest BCUT2D eigenvalue weighted by Gasteiger charge is 2.53. The fraction of sp³-hybridized carbons (Fsp3) is 0.500. The van der Waals surface area contributed by atoms with Gasteiger partial charge in [0.15, 0.2) is 10.8 Å². The lowest BCUT2D eigenvalue weighted by atomic mass is 9.96. The molecule has 5 N–H and O–H groups in total. The summed E-state index contributed by atoms with van der Waals surface area (Å²) in [4.78, 5) is 44.8. The number of hydrogen-bond acceptors (Lipinski definition) is 10. The van der Waals surface area contributed by atoms with Crippen LogP contribution in [0.15, 0.2) is 10.5 Å². The second kappa shape index (κ2) is 7.92. The first-order chi connectivity index (χ1) is 13.3. The number of rotatable bonds is 8. The molecule has 15 heteroatoms. The molecule has 160 valence electrons. The van der Waals surface area contributed by atoms with Crippen LogP contribution in [-0.2, 0) is 29.5 Å². The molecule has 1 aliphatic heterocycles. The minimum atomic E-state index is -4.77. The van der Waals surface area contributed by atoms with Crippen molar-refractivity contribution < 1.29 is 37.3 Å². The number of aromatic nitrogens is 1. The lowest BCUT2D eigenvalue weighted by Gasteiger charge is -2.43. The van der Waals surface area contributed by atoms with Gasteiger partial charge in [0.05, 0.1) is 6.04 Å². The van der Waals surface area contributed by atoms with E-state index in [1.807, 2.05) is 0 Å². The van der Waals surface area contributed by atoms with Crippen LogP contribution < -0.4 is 11.1 Å². The van der Waals surface area contributed by atoms with Crippen molar-refractivity contribution in [2.45, 2.75) is 44.9 Å². The van der Waals surface area contributed by atoms with E-state index in [0.717, 1.165) is 11.3 Å². The Morgan fingerprint density at radius 1 is 1.48 bits per heavy atom. The van der Waals surface area contributed by atoms with E-state index in [0.29, 0.717) is 0 Å². The van der Waals surface area contributed by atoms with Gasteiger partial charge < -0.3 is 21.0 Å². The molecule has 1 aromatic rings. The molecular formula is C14H19N5O8S2. The van der Waals surface area contributed by atoms with E-state index in [-0.39, 0.29) is 21.6 Å². The predicted octanol–water partition coefficient (Wildman–Crippen LogP) is -0.782. The maximum atomic E-state index is 12.7. The average Bonchev–Trinajstić information content (AvgIpc) is 3.01. The van der Waals surface area contributed by atoms with Crippen molar-refractivity contribution in [3.63, 3.8) is 0 Å². The molecule has 1 aliphatic rings. The highest BCUT2D eigenvalue weighted by atomic mass is 32.2. The largest absolute Gasteiger partial charge is 0.478 e. The molecule has 1 saturated heterocycles. The Hall–Kier alpha value is -2.78. The first-order valence-electron chi connectivity index (χ1n) is 8.12. The smallest absolute Gasteiger partial charge is 0.362 e. The number of anilines is 1. The molecule has 0 saturated carbocycles. The highest BCUT2D eigenvalue weighted by molar-refractivity contribution is 7.84. The summed E-state index contributed by atoms with van der Waals surface area (Å²) in [6.07, 6.45) is 0.120. The fourth-order valence-electron chi connectivity index (χ4n) is 2.37. The third-order valence-corrected chi connectivity index (χ3v) is 5.60. The Labute approximate surface area is 169 Å². The molecule has 29 heavy (non-hydrogen) atoms. The molecule has 0 aliphatic carbocycles. The van der Waals surface area contributed by atoms with Gasteiger partial charge in [0, 0.05) is 5.38 Å². The van der Waals surface area contributed by atoms with Crippen molar-refractivity contribution in [2.24, 2.45) is 5.16 Å². The van der Waals surface area contributed by atoms with Crippen LogP contribution in [0.5, 0.6) is 0 Å². The zero-order valence-corrected chi connectivity index (χ0v) is 17.2. The lowest BCUT2D eigenvalue weighted by molar-refractivity contribution is -0.161. The summed E-state index contributed by atoms with van der Waals surface area (Å²) in [5.74, 6) is -3.34. The van der Waals surface area contributed by atoms with Crippen LogP contribution in [0.4, 0.5) is 5.13 Å². The van der Waals surface area contributed by atoms with Gasteiger partial charge in [0.25, 0.3) is 11.8 Å². The summed E-state index contributed by atoms with van der Waals surface area (Å²) in [6.45, 7) is 3.97. The van der Waals surface area contributed by atoms with E-state index in [9.17, 15) is 22.8 Å². The first-order valence-corrected chi connectivity index (χ1v) is 10.4. The van der Waals surface area contributed by atoms with E-state index in [2.05, 4.69) is 15.5 Å². The molecule has 1 aromatic heterocycles. The van der Waals surface area contributed by atoms with Crippen LogP contribution >= 0.6 is 11.3 Å². The molecular weight excluding hydrogens is 430 g/mol. The Morgan fingerprint density at radius 2 is 2.10 bits per heavy atom. The maximum Gasteiger partial charge on any atom is 0.362 e. The van der Waals surface area contributed by atoms with Crippen molar-refractivity contribution in [1.29, 1.82) is 0 Å². The highest BCUT2D eigenvalue weighted by Crippen LogP contribution is 2.26. The van der Waals surface area contributed by atoms with Gasteiger partial charge in [-0.05, 0) is 20.3 Å². The third-order valence-electron chi connectivity index (χ3n) is 3.98.